The van der Waals surface area contributed by atoms with Crippen molar-refractivity contribution in [2.45, 2.75) is 6.92 Å². The Morgan fingerprint density at radius 2 is 1.88 bits per heavy atom. The molecule has 1 amide bonds. The van der Waals surface area contributed by atoms with Gasteiger partial charge in [-0.25, -0.2) is 4.39 Å². The summed E-state index contributed by atoms with van der Waals surface area (Å²) in [5.41, 5.74) is 0.642. The van der Waals surface area contributed by atoms with Crippen LogP contribution in [0.4, 0.5) is 4.39 Å². The van der Waals surface area contributed by atoms with Crippen LogP contribution in [0.15, 0.2) is 18.2 Å². The Labute approximate surface area is 102 Å². The molecule has 0 heterocycles. The number of hydrogen-bond donors (Lipinski definition) is 0. The molecule has 0 bridgehead atoms. The summed E-state index contributed by atoms with van der Waals surface area (Å²) in [5, 5.41) is 0. The topological polar surface area (TPSA) is 23.6 Å². The molecule has 0 aliphatic heterocycles. The molecular weight excluding hydrogens is 219 g/mol. The number of hydrogen-bond acceptors (Lipinski definition) is 2. The van der Waals surface area contributed by atoms with Crippen molar-refractivity contribution in [3.8, 4) is 0 Å². The third-order valence-corrected chi connectivity index (χ3v) is 2.65. The van der Waals surface area contributed by atoms with Crippen molar-refractivity contribution in [3.63, 3.8) is 0 Å². The monoisotopic (exact) mass is 238 g/mol. The quantitative estimate of drug-likeness (QED) is 0.798. The zero-order valence-electron chi connectivity index (χ0n) is 10.8. The van der Waals surface area contributed by atoms with Gasteiger partial charge >= 0.3 is 0 Å². The van der Waals surface area contributed by atoms with Gasteiger partial charge in [-0.15, -0.1) is 0 Å². The van der Waals surface area contributed by atoms with Crippen molar-refractivity contribution in [3.05, 3.63) is 35.1 Å². The lowest BCUT2D eigenvalue weighted by molar-refractivity contribution is 0.0781. The van der Waals surface area contributed by atoms with E-state index >= 15 is 0 Å². The largest absolute Gasteiger partial charge is 0.340 e. The Balaban J connectivity index is 2.78. The summed E-state index contributed by atoms with van der Waals surface area (Å²) in [6.45, 7) is 3.00. The number of carbonyl (C=O) groups is 1. The maximum Gasteiger partial charge on any atom is 0.256 e. The molecule has 94 valence electrons. The lowest BCUT2D eigenvalue weighted by atomic mass is 10.1. The lowest BCUT2D eigenvalue weighted by Crippen LogP contribution is -2.34. The van der Waals surface area contributed by atoms with E-state index in [-0.39, 0.29) is 11.5 Å². The average molecular weight is 238 g/mol. The van der Waals surface area contributed by atoms with E-state index in [4.69, 9.17) is 0 Å². The van der Waals surface area contributed by atoms with Gasteiger partial charge in [0.1, 0.15) is 5.82 Å². The highest BCUT2D eigenvalue weighted by molar-refractivity contribution is 5.94. The molecule has 0 aromatic heterocycles. The van der Waals surface area contributed by atoms with Crippen LogP contribution in [0.5, 0.6) is 0 Å². The van der Waals surface area contributed by atoms with E-state index in [1.807, 2.05) is 19.0 Å². The lowest BCUT2D eigenvalue weighted by Gasteiger charge is -2.20. The number of aryl methyl sites for hydroxylation is 1. The first kappa shape index (κ1) is 13.6. The predicted octanol–water partition coefficient (Wildman–Crippen LogP) is 1.77. The molecular formula is C13H19FN2O. The number of nitrogens with zero attached hydrogens (tertiary/aromatic N) is 2. The minimum absolute atomic E-state index is 0.145. The fraction of sp³-hybridized carbons (Fsp3) is 0.462. The Kier molecular flexibility index (Phi) is 4.63. The maximum atomic E-state index is 13.8. The van der Waals surface area contributed by atoms with Crippen LogP contribution >= 0.6 is 0 Å². The smallest absolute Gasteiger partial charge is 0.256 e. The fourth-order valence-corrected chi connectivity index (χ4v) is 1.47. The van der Waals surface area contributed by atoms with Gasteiger partial charge in [0, 0.05) is 20.1 Å². The molecule has 0 aliphatic carbocycles. The Bertz CT molecular complexity index is 404. The summed E-state index contributed by atoms with van der Waals surface area (Å²) in [7, 11) is 5.56. The van der Waals surface area contributed by atoms with Gasteiger partial charge < -0.3 is 9.80 Å². The Morgan fingerprint density at radius 1 is 1.24 bits per heavy atom. The average Bonchev–Trinajstić information content (AvgIpc) is 2.28. The van der Waals surface area contributed by atoms with Crippen LogP contribution in [-0.4, -0.2) is 49.9 Å². The van der Waals surface area contributed by atoms with Crippen molar-refractivity contribution in [1.29, 1.82) is 0 Å². The highest BCUT2D eigenvalue weighted by Crippen LogP contribution is 2.13. The Hall–Kier alpha value is -1.42. The van der Waals surface area contributed by atoms with Crippen molar-refractivity contribution >= 4 is 5.91 Å². The van der Waals surface area contributed by atoms with Crippen LogP contribution in [0.3, 0.4) is 0 Å². The molecule has 4 heteroatoms. The van der Waals surface area contributed by atoms with Crippen LogP contribution in [0.2, 0.25) is 0 Å². The van der Waals surface area contributed by atoms with Gasteiger partial charge in [-0.05, 0) is 32.6 Å². The van der Waals surface area contributed by atoms with E-state index in [1.165, 1.54) is 11.0 Å². The molecule has 1 rings (SSSR count). The van der Waals surface area contributed by atoms with Crippen molar-refractivity contribution in [1.82, 2.24) is 9.80 Å². The molecule has 1 aromatic carbocycles. The summed E-state index contributed by atoms with van der Waals surface area (Å²) >= 11 is 0. The number of likely N-dealkylation sites (N-methyl/N-ethyl adjacent to an activating group) is 2. The summed E-state index contributed by atoms with van der Waals surface area (Å²) in [6.07, 6.45) is 0. The van der Waals surface area contributed by atoms with Gasteiger partial charge in [0.05, 0.1) is 5.56 Å². The number of benzene rings is 1. The van der Waals surface area contributed by atoms with Crippen LogP contribution in [-0.2, 0) is 0 Å². The van der Waals surface area contributed by atoms with E-state index in [0.29, 0.717) is 12.1 Å². The highest BCUT2D eigenvalue weighted by atomic mass is 19.1. The zero-order chi connectivity index (χ0) is 13.0. The van der Waals surface area contributed by atoms with Gasteiger partial charge in [-0.2, -0.15) is 0 Å². The van der Waals surface area contributed by atoms with Crippen LogP contribution in [0.25, 0.3) is 0 Å². The van der Waals surface area contributed by atoms with Crippen LogP contribution in [0, 0.1) is 12.7 Å². The van der Waals surface area contributed by atoms with Crippen LogP contribution in [0.1, 0.15) is 15.9 Å². The Morgan fingerprint density at radius 3 is 2.47 bits per heavy atom. The predicted molar refractivity (Wildman–Crippen MR) is 66.7 cm³/mol. The first-order chi connectivity index (χ1) is 7.93. The molecule has 0 saturated carbocycles. The van der Waals surface area contributed by atoms with Crippen molar-refractivity contribution < 1.29 is 9.18 Å². The number of carbonyl (C=O) groups excluding carboxylic acids is 1. The number of rotatable bonds is 4. The zero-order valence-corrected chi connectivity index (χ0v) is 10.8. The normalized spacial score (nSPS) is 10.7. The number of halogens is 1. The minimum atomic E-state index is -0.422. The summed E-state index contributed by atoms with van der Waals surface area (Å²) in [4.78, 5) is 15.5. The first-order valence-electron chi connectivity index (χ1n) is 5.58. The number of amides is 1. The van der Waals surface area contributed by atoms with E-state index in [1.54, 1.807) is 26.1 Å². The van der Waals surface area contributed by atoms with E-state index in [9.17, 15) is 9.18 Å². The first-order valence-corrected chi connectivity index (χ1v) is 5.58. The van der Waals surface area contributed by atoms with E-state index < -0.39 is 5.82 Å². The molecule has 0 atom stereocenters. The standard InChI is InChI=1S/C13H19FN2O/c1-10-6-5-7-11(12(10)14)13(17)16(4)9-8-15(2)3/h5-7H,8-9H2,1-4H3. The van der Waals surface area contributed by atoms with E-state index in [0.717, 1.165) is 6.54 Å². The van der Waals surface area contributed by atoms with E-state index in [2.05, 4.69) is 0 Å². The minimum Gasteiger partial charge on any atom is -0.340 e. The maximum absolute atomic E-state index is 13.8. The van der Waals surface area contributed by atoms with Crippen molar-refractivity contribution in [2.24, 2.45) is 0 Å². The molecule has 0 fully saturated rings. The van der Waals surface area contributed by atoms with Gasteiger partial charge in [0.25, 0.3) is 5.91 Å². The van der Waals surface area contributed by atoms with Crippen molar-refractivity contribution in [2.75, 3.05) is 34.2 Å². The van der Waals surface area contributed by atoms with Gasteiger partial charge in [0.15, 0.2) is 0 Å². The molecule has 0 N–H and O–H groups in total. The summed E-state index contributed by atoms with van der Waals surface area (Å²) < 4.78 is 13.8. The van der Waals surface area contributed by atoms with Crippen LogP contribution < -0.4 is 0 Å². The molecule has 1 aromatic rings. The molecule has 0 spiro atoms. The molecule has 0 radical (unpaired) electrons. The second-order valence-electron chi connectivity index (χ2n) is 4.47. The fourth-order valence-electron chi connectivity index (χ4n) is 1.47. The van der Waals surface area contributed by atoms with Gasteiger partial charge in [-0.3, -0.25) is 4.79 Å². The SMILES string of the molecule is Cc1cccc(C(=O)N(C)CCN(C)C)c1F. The molecule has 17 heavy (non-hydrogen) atoms. The van der Waals surface area contributed by atoms with Gasteiger partial charge in [0.2, 0.25) is 0 Å². The second kappa shape index (κ2) is 5.77. The summed E-state index contributed by atoms with van der Waals surface area (Å²) in [5.74, 6) is -0.692. The van der Waals surface area contributed by atoms with Gasteiger partial charge in [-0.1, -0.05) is 12.1 Å². The third kappa shape index (κ3) is 3.53. The molecule has 0 aliphatic rings. The third-order valence-electron chi connectivity index (χ3n) is 2.65. The highest BCUT2D eigenvalue weighted by Gasteiger charge is 2.16. The molecule has 0 unspecified atom stereocenters. The molecule has 0 saturated heterocycles. The second-order valence-corrected chi connectivity index (χ2v) is 4.47. The molecule has 3 nitrogen and oxygen atoms in total. The summed E-state index contributed by atoms with van der Waals surface area (Å²) in [6, 6.07) is 4.88.